The molecular weight excluding hydrogens is 536 g/mol. The third-order valence-electron chi connectivity index (χ3n) is 8.93. The smallest absolute Gasteiger partial charge is 0.212 e. The summed E-state index contributed by atoms with van der Waals surface area (Å²) < 4.78 is 4.34. The first-order valence-corrected chi connectivity index (χ1v) is 14.5. The Hall–Kier alpha value is -6.36. The summed E-state index contributed by atoms with van der Waals surface area (Å²) in [4.78, 5) is 4.09. The van der Waals surface area contributed by atoms with Crippen LogP contribution < -0.4 is 0 Å². The summed E-state index contributed by atoms with van der Waals surface area (Å²) in [5.41, 5.74) is 6.48. The van der Waals surface area contributed by atoms with Gasteiger partial charge in [0.25, 0.3) is 0 Å². The van der Waals surface area contributed by atoms with E-state index >= 15 is 0 Å². The minimum absolute atomic E-state index is 0.487. The second-order valence-electron chi connectivity index (χ2n) is 11.2. The Balaban J connectivity index is 1.44. The predicted octanol–water partition coefficient (Wildman–Crippen LogP) is 10.6. The maximum Gasteiger partial charge on any atom is 0.212 e. The van der Waals surface area contributed by atoms with E-state index in [1.54, 1.807) is 0 Å². The molecule has 0 aliphatic carbocycles. The average Bonchev–Trinajstić information content (AvgIpc) is 3.61. The van der Waals surface area contributed by atoms with Crippen LogP contribution in [0.3, 0.4) is 0 Å². The topological polar surface area (TPSA) is 38.0 Å². The van der Waals surface area contributed by atoms with Gasteiger partial charge in [0.1, 0.15) is 6.07 Å². The van der Waals surface area contributed by atoms with Gasteiger partial charge < -0.3 is 9.13 Å². The van der Waals surface area contributed by atoms with Crippen molar-refractivity contribution < 1.29 is 0 Å². The summed E-state index contributed by atoms with van der Waals surface area (Å²) in [5, 5.41) is 19.6. The Morgan fingerprint density at radius 2 is 0.977 bits per heavy atom. The normalized spacial score (nSPS) is 11.6. The van der Waals surface area contributed by atoms with Gasteiger partial charge in [0, 0.05) is 32.3 Å². The highest BCUT2D eigenvalue weighted by molar-refractivity contribution is 6.20. The number of aromatic nitrogens is 2. The van der Waals surface area contributed by atoms with Crippen molar-refractivity contribution in [2.24, 2.45) is 0 Å². The molecule has 0 aliphatic heterocycles. The molecule has 0 saturated heterocycles. The molecule has 44 heavy (non-hydrogen) atoms. The SMILES string of the molecule is [C-]#[N+]c1cc(-n2c3ccccc3c3ccc4ccccc4c32)c(C#N)cc1-n1c2ccccc2c2ccc3ccccc3c21. The number of nitrogens with zero attached hydrogens (tertiary/aromatic N) is 4. The Kier molecular flexibility index (Phi) is 5.00. The fourth-order valence-electron chi connectivity index (χ4n) is 7.07. The highest BCUT2D eigenvalue weighted by Gasteiger charge is 2.22. The second kappa shape index (κ2) is 9.07. The van der Waals surface area contributed by atoms with Crippen LogP contribution in [0.15, 0.2) is 133 Å². The van der Waals surface area contributed by atoms with Gasteiger partial charge in [-0.15, -0.1) is 0 Å². The van der Waals surface area contributed by atoms with Crippen LogP contribution >= 0.6 is 0 Å². The summed E-state index contributed by atoms with van der Waals surface area (Å²) in [7, 11) is 0. The Bertz CT molecular complexity index is 2550. The zero-order valence-electron chi connectivity index (χ0n) is 23.5. The first-order chi connectivity index (χ1) is 21.8. The molecule has 9 rings (SSSR count). The molecule has 0 N–H and O–H groups in total. The number of nitriles is 1. The minimum atomic E-state index is 0.487. The molecule has 0 saturated carbocycles. The predicted molar refractivity (Wildman–Crippen MR) is 181 cm³/mol. The monoisotopic (exact) mass is 558 g/mol. The van der Waals surface area contributed by atoms with E-state index in [1.807, 2.05) is 48.5 Å². The van der Waals surface area contributed by atoms with Crippen molar-refractivity contribution in [3.8, 4) is 17.4 Å². The summed E-state index contributed by atoms with van der Waals surface area (Å²) in [6, 6.07) is 48.2. The molecule has 0 fully saturated rings. The third kappa shape index (κ3) is 3.20. The highest BCUT2D eigenvalue weighted by Crippen LogP contribution is 2.42. The average molecular weight is 559 g/mol. The lowest BCUT2D eigenvalue weighted by Crippen LogP contribution is -2.02. The summed E-state index contributed by atoms with van der Waals surface area (Å²) in [6.45, 7) is 8.39. The van der Waals surface area contributed by atoms with Crippen molar-refractivity contribution in [3.63, 3.8) is 0 Å². The Labute approximate surface area is 252 Å². The Morgan fingerprint density at radius 1 is 0.500 bits per heavy atom. The molecule has 0 aliphatic rings. The van der Waals surface area contributed by atoms with E-state index in [0.717, 1.165) is 65.2 Å². The van der Waals surface area contributed by atoms with Crippen LogP contribution in [0.4, 0.5) is 5.69 Å². The van der Waals surface area contributed by atoms with Gasteiger partial charge in [-0.1, -0.05) is 109 Å². The first kappa shape index (κ1) is 24.3. The molecule has 0 amide bonds. The second-order valence-corrected chi connectivity index (χ2v) is 11.2. The molecule has 0 spiro atoms. The van der Waals surface area contributed by atoms with Crippen molar-refractivity contribution >= 4 is 70.8 Å². The van der Waals surface area contributed by atoms with Gasteiger partial charge in [0.05, 0.1) is 45.6 Å². The lowest BCUT2D eigenvalue weighted by Gasteiger charge is -2.17. The van der Waals surface area contributed by atoms with E-state index in [4.69, 9.17) is 6.57 Å². The fraction of sp³-hybridized carbons (Fsp3) is 0. The third-order valence-corrected chi connectivity index (χ3v) is 8.93. The molecule has 0 bridgehead atoms. The van der Waals surface area contributed by atoms with Gasteiger partial charge >= 0.3 is 0 Å². The molecule has 0 radical (unpaired) electrons. The van der Waals surface area contributed by atoms with Crippen LogP contribution in [0.2, 0.25) is 0 Å². The van der Waals surface area contributed by atoms with Crippen molar-refractivity contribution in [3.05, 3.63) is 150 Å². The van der Waals surface area contributed by atoms with Gasteiger partial charge in [-0.05, 0) is 35.0 Å². The number of benzene rings is 7. The van der Waals surface area contributed by atoms with Gasteiger partial charge in [0.2, 0.25) is 5.69 Å². The lowest BCUT2D eigenvalue weighted by atomic mass is 10.1. The maximum absolute atomic E-state index is 10.7. The zero-order chi connectivity index (χ0) is 29.4. The minimum Gasteiger partial charge on any atom is -0.318 e. The van der Waals surface area contributed by atoms with E-state index in [-0.39, 0.29) is 0 Å². The molecule has 0 unspecified atom stereocenters. The van der Waals surface area contributed by atoms with Gasteiger partial charge in [0.15, 0.2) is 0 Å². The molecule has 2 heterocycles. The van der Waals surface area contributed by atoms with E-state index in [0.29, 0.717) is 22.6 Å². The highest BCUT2D eigenvalue weighted by atomic mass is 15.0. The largest absolute Gasteiger partial charge is 0.318 e. The Morgan fingerprint density at radius 3 is 1.50 bits per heavy atom. The number of fused-ring (bicyclic) bond motifs is 10. The summed E-state index contributed by atoms with van der Waals surface area (Å²) in [6.07, 6.45) is 0. The maximum atomic E-state index is 10.7. The molecule has 7 aromatic carbocycles. The molecule has 9 aromatic rings. The molecule has 4 heteroatoms. The number of hydrogen-bond acceptors (Lipinski definition) is 1. The summed E-state index contributed by atoms with van der Waals surface area (Å²) >= 11 is 0. The molecular formula is C40H22N4. The number of para-hydroxylation sites is 2. The molecule has 0 atom stereocenters. The van der Waals surface area contributed by atoms with Crippen molar-refractivity contribution in [1.82, 2.24) is 9.13 Å². The first-order valence-electron chi connectivity index (χ1n) is 14.5. The van der Waals surface area contributed by atoms with Crippen LogP contribution in [0.5, 0.6) is 0 Å². The van der Waals surface area contributed by atoms with E-state index in [1.165, 1.54) is 0 Å². The van der Waals surface area contributed by atoms with Gasteiger partial charge in [-0.3, -0.25) is 0 Å². The van der Waals surface area contributed by atoms with Crippen LogP contribution in [-0.2, 0) is 0 Å². The fourth-order valence-corrected chi connectivity index (χ4v) is 7.07. The van der Waals surface area contributed by atoms with Crippen LogP contribution in [0.1, 0.15) is 5.56 Å². The summed E-state index contributed by atoms with van der Waals surface area (Å²) in [5.74, 6) is 0. The molecule has 2 aromatic heterocycles. The van der Waals surface area contributed by atoms with Crippen molar-refractivity contribution in [2.75, 3.05) is 0 Å². The van der Waals surface area contributed by atoms with Crippen molar-refractivity contribution in [1.29, 1.82) is 5.26 Å². The molecule has 202 valence electrons. The standard InChI is InChI=1S/C40H22N4/c1-42-34-23-37(43-35-16-8-6-14-30(35)32-20-18-25-10-2-4-12-28(25)39(32)43)27(24-41)22-38(34)44-36-17-9-7-15-31(36)33-21-19-26-11-3-5-13-29(26)40(33)44/h2-23H. The number of rotatable bonds is 2. The zero-order valence-corrected chi connectivity index (χ0v) is 23.5. The number of hydrogen-bond donors (Lipinski definition) is 0. The molecule has 4 nitrogen and oxygen atoms in total. The van der Waals surface area contributed by atoms with Crippen molar-refractivity contribution in [2.45, 2.75) is 0 Å². The van der Waals surface area contributed by atoms with Crippen LogP contribution in [-0.4, -0.2) is 9.13 Å². The van der Waals surface area contributed by atoms with Gasteiger partial charge in [-0.2, -0.15) is 5.26 Å². The van der Waals surface area contributed by atoms with E-state index < -0.39 is 0 Å². The lowest BCUT2D eigenvalue weighted by molar-refractivity contribution is 1.14. The van der Waals surface area contributed by atoms with Crippen LogP contribution in [0.25, 0.3) is 81.4 Å². The van der Waals surface area contributed by atoms with Crippen LogP contribution in [0, 0.1) is 17.9 Å². The van der Waals surface area contributed by atoms with Gasteiger partial charge in [-0.25, -0.2) is 4.85 Å². The quantitative estimate of drug-likeness (QED) is 0.195. The van der Waals surface area contributed by atoms with E-state index in [2.05, 4.69) is 105 Å². The van der Waals surface area contributed by atoms with E-state index in [9.17, 15) is 5.26 Å².